The highest BCUT2D eigenvalue weighted by Crippen LogP contribution is 2.26. The van der Waals surface area contributed by atoms with Crippen LogP contribution in [-0.4, -0.2) is 52.3 Å². The van der Waals surface area contributed by atoms with Crippen LogP contribution in [0.3, 0.4) is 0 Å². The molecule has 1 N–H and O–H groups in total. The highest BCUT2D eigenvalue weighted by atomic mass is 16.5. The van der Waals surface area contributed by atoms with Crippen LogP contribution in [0.15, 0.2) is 36.7 Å². The number of benzene rings is 1. The van der Waals surface area contributed by atoms with Gasteiger partial charge in [0.2, 0.25) is 5.95 Å². The Balaban J connectivity index is 1.71. The van der Waals surface area contributed by atoms with Crippen molar-refractivity contribution in [2.45, 2.75) is 26.1 Å². The summed E-state index contributed by atoms with van der Waals surface area (Å²) in [4.78, 5) is 20.3. The summed E-state index contributed by atoms with van der Waals surface area (Å²) in [6.07, 6.45) is 3.52. The molecule has 0 amide bonds. The Hall–Kier alpha value is -3.00. The second kappa shape index (κ2) is 7.32. The fourth-order valence-corrected chi connectivity index (χ4v) is 3.23. The molecule has 0 radical (unpaired) electrons. The summed E-state index contributed by atoms with van der Waals surface area (Å²) in [5.74, 6) is 2.05. The maximum Gasteiger partial charge on any atom is 0.229 e. The first kappa shape index (κ1) is 17.4. The predicted molar refractivity (Wildman–Crippen MR) is 104 cm³/mol. The van der Waals surface area contributed by atoms with Crippen molar-refractivity contribution < 1.29 is 9.47 Å². The molecule has 0 aliphatic carbocycles. The van der Waals surface area contributed by atoms with Crippen molar-refractivity contribution in [3.8, 4) is 5.75 Å². The summed E-state index contributed by atoms with van der Waals surface area (Å²) in [5, 5.41) is 3.33. The van der Waals surface area contributed by atoms with Crippen LogP contribution < -0.4 is 15.0 Å². The van der Waals surface area contributed by atoms with Crippen LogP contribution in [0.4, 0.5) is 17.5 Å². The zero-order valence-electron chi connectivity index (χ0n) is 15.6. The first-order valence-electron chi connectivity index (χ1n) is 8.92. The number of methoxy groups -OCH3 is 1. The van der Waals surface area contributed by atoms with Gasteiger partial charge in [-0.15, -0.1) is 0 Å². The van der Waals surface area contributed by atoms with E-state index in [0.717, 1.165) is 24.5 Å². The fraction of sp³-hybridized carbons (Fsp3) is 0.368. The maximum absolute atomic E-state index is 5.82. The third kappa shape index (κ3) is 3.75. The van der Waals surface area contributed by atoms with Crippen LogP contribution in [0.5, 0.6) is 5.75 Å². The van der Waals surface area contributed by atoms with Crippen molar-refractivity contribution in [1.29, 1.82) is 0 Å². The molecule has 8 heteroatoms. The molecule has 8 nitrogen and oxygen atoms in total. The SMILES string of the molecule is COc1ccc(Nc2nc(N3C[C@H](C)O[C@@H](C)C3)nc3nccnc23)cc1. The minimum absolute atomic E-state index is 0.118. The van der Waals surface area contributed by atoms with Crippen LogP contribution in [0, 0.1) is 0 Å². The monoisotopic (exact) mass is 366 g/mol. The Labute approximate surface area is 157 Å². The van der Waals surface area contributed by atoms with Gasteiger partial charge in [0.1, 0.15) is 5.75 Å². The van der Waals surface area contributed by atoms with E-state index in [1.807, 2.05) is 24.3 Å². The van der Waals surface area contributed by atoms with Crippen LogP contribution in [0.25, 0.3) is 11.2 Å². The molecule has 1 saturated heterocycles. The predicted octanol–water partition coefficient (Wildman–Crippen LogP) is 2.79. The third-order valence-electron chi connectivity index (χ3n) is 4.38. The van der Waals surface area contributed by atoms with Gasteiger partial charge in [-0.1, -0.05) is 0 Å². The van der Waals surface area contributed by atoms with Crippen LogP contribution in [0.2, 0.25) is 0 Å². The van der Waals surface area contributed by atoms with E-state index < -0.39 is 0 Å². The average molecular weight is 366 g/mol. The highest BCUT2D eigenvalue weighted by molar-refractivity contribution is 5.85. The lowest BCUT2D eigenvalue weighted by atomic mass is 10.2. The molecule has 140 valence electrons. The Morgan fingerprint density at radius 1 is 1.04 bits per heavy atom. The van der Waals surface area contributed by atoms with E-state index in [0.29, 0.717) is 22.9 Å². The lowest BCUT2D eigenvalue weighted by Crippen LogP contribution is -2.46. The summed E-state index contributed by atoms with van der Waals surface area (Å²) in [6.45, 7) is 5.58. The summed E-state index contributed by atoms with van der Waals surface area (Å²) >= 11 is 0. The molecular weight excluding hydrogens is 344 g/mol. The molecular formula is C19H22N6O2. The van der Waals surface area contributed by atoms with Gasteiger partial charge in [0.15, 0.2) is 17.0 Å². The standard InChI is InChI=1S/C19H22N6O2/c1-12-10-25(11-13(2)27-12)19-23-17-16(20-8-9-21-17)18(24-19)22-14-4-6-15(26-3)7-5-14/h4-9,12-13H,10-11H2,1-3H3,(H,21,22,23,24)/t12-,13-/m0/s1. The van der Waals surface area contributed by atoms with Gasteiger partial charge in [0.25, 0.3) is 0 Å². The van der Waals surface area contributed by atoms with E-state index in [-0.39, 0.29) is 12.2 Å². The third-order valence-corrected chi connectivity index (χ3v) is 4.38. The lowest BCUT2D eigenvalue weighted by Gasteiger charge is -2.35. The molecule has 0 saturated carbocycles. The normalized spacial score (nSPS) is 19.9. The second-order valence-corrected chi connectivity index (χ2v) is 6.62. The number of hydrogen-bond acceptors (Lipinski definition) is 8. The summed E-state index contributed by atoms with van der Waals surface area (Å²) in [7, 11) is 1.65. The summed E-state index contributed by atoms with van der Waals surface area (Å²) < 4.78 is 11.0. The molecule has 1 aromatic carbocycles. The van der Waals surface area contributed by atoms with Gasteiger partial charge in [-0.2, -0.15) is 9.97 Å². The van der Waals surface area contributed by atoms with E-state index in [4.69, 9.17) is 14.5 Å². The number of aromatic nitrogens is 4. The molecule has 0 spiro atoms. The Kier molecular flexibility index (Phi) is 4.72. The van der Waals surface area contributed by atoms with E-state index in [1.165, 1.54) is 0 Å². The molecule has 1 fully saturated rings. The Morgan fingerprint density at radius 2 is 1.74 bits per heavy atom. The minimum atomic E-state index is 0.118. The largest absolute Gasteiger partial charge is 0.497 e. The number of nitrogens with zero attached hydrogens (tertiary/aromatic N) is 5. The van der Waals surface area contributed by atoms with E-state index in [9.17, 15) is 0 Å². The molecule has 3 heterocycles. The van der Waals surface area contributed by atoms with Crippen molar-refractivity contribution in [2.24, 2.45) is 0 Å². The zero-order valence-corrected chi connectivity index (χ0v) is 15.6. The molecule has 2 aromatic heterocycles. The number of hydrogen-bond donors (Lipinski definition) is 1. The van der Waals surface area contributed by atoms with Gasteiger partial charge in [-0.25, -0.2) is 9.97 Å². The number of anilines is 3. The maximum atomic E-state index is 5.82. The average Bonchev–Trinajstić information content (AvgIpc) is 2.68. The number of fused-ring (bicyclic) bond motifs is 1. The molecule has 1 aliphatic rings. The van der Waals surface area contributed by atoms with Gasteiger partial charge >= 0.3 is 0 Å². The number of morpholine rings is 1. The quantitative estimate of drug-likeness (QED) is 0.754. The number of nitrogens with one attached hydrogen (secondary N) is 1. The smallest absolute Gasteiger partial charge is 0.229 e. The van der Waals surface area contributed by atoms with Crippen LogP contribution in [-0.2, 0) is 4.74 Å². The number of rotatable bonds is 4. The molecule has 1 aliphatic heterocycles. The zero-order chi connectivity index (χ0) is 18.8. The van der Waals surface area contributed by atoms with Gasteiger partial charge in [0.05, 0.1) is 19.3 Å². The second-order valence-electron chi connectivity index (χ2n) is 6.62. The van der Waals surface area contributed by atoms with Crippen LogP contribution in [0.1, 0.15) is 13.8 Å². The first-order chi connectivity index (χ1) is 13.1. The molecule has 3 aromatic rings. The van der Waals surface area contributed by atoms with Crippen molar-refractivity contribution >= 4 is 28.6 Å². The van der Waals surface area contributed by atoms with Gasteiger partial charge in [0, 0.05) is 31.2 Å². The van der Waals surface area contributed by atoms with Crippen molar-refractivity contribution in [3.63, 3.8) is 0 Å². The van der Waals surface area contributed by atoms with Gasteiger partial charge in [-0.05, 0) is 38.1 Å². The molecule has 4 rings (SSSR count). The molecule has 0 bridgehead atoms. The molecule has 0 unspecified atom stereocenters. The summed E-state index contributed by atoms with van der Waals surface area (Å²) in [6, 6.07) is 7.65. The Bertz CT molecular complexity index is 923. The van der Waals surface area contributed by atoms with Crippen molar-refractivity contribution in [2.75, 3.05) is 30.4 Å². The number of ether oxygens (including phenoxy) is 2. The topological polar surface area (TPSA) is 85.3 Å². The fourth-order valence-electron chi connectivity index (χ4n) is 3.23. The van der Waals surface area contributed by atoms with E-state index in [1.54, 1.807) is 19.5 Å². The molecule has 27 heavy (non-hydrogen) atoms. The van der Waals surface area contributed by atoms with E-state index in [2.05, 4.69) is 39.0 Å². The lowest BCUT2D eigenvalue weighted by molar-refractivity contribution is -0.00569. The van der Waals surface area contributed by atoms with Crippen molar-refractivity contribution in [3.05, 3.63) is 36.7 Å². The van der Waals surface area contributed by atoms with Gasteiger partial charge < -0.3 is 19.7 Å². The summed E-state index contributed by atoms with van der Waals surface area (Å²) in [5.41, 5.74) is 2.08. The highest BCUT2D eigenvalue weighted by Gasteiger charge is 2.25. The first-order valence-corrected chi connectivity index (χ1v) is 8.92. The minimum Gasteiger partial charge on any atom is -0.497 e. The van der Waals surface area contributed by atoms with Gasteiger partial charge in [-0.3, -0.25) is 0 Å². The van der Waals surface area contributed by atoms with Crippen molar-refractivity contribution in [1.82, 2.24) is 19.9 Å². The van der Waals surface area contributed by atoms with Crippen LogP contribution >= 0.6 is 0 Å². The Morgan fingerprint density at radius 3 is 2.44 bits per heavy atom. The van der Waals surface area contributed by atoms with E-state index >= 15 is 0 Å². The molecule has 2 atom stereocenters.